The number of alkyl halides is 2. The summed E-state index contributed by atoms with van der Waals surface area (Å²) in [5.74, 6) is 0.286. The van der Waals surface area contributed by atoms with E-state index in [0.717, 1.165) is 4.47 Å². The summed E-state index contributed by atoms with van der Waals surface area (Å²) in [5.41, 5.74) is 0.491. The average molecular weight is 281 g/mol. The first-order chi connectivity index (χ1) is 7.00. The van der Waals surface area contributed by atoms with E-state index in [4.69, 9.17) is 4.74 Å². The number of hydrogen-bond donors (Lipinski definition) is 1. The molecule has 1 atom stereocenters. The van der Waals surface area contributed by atoms with Crippen molar-refractivity contribution in [2.45, 2.75) is 19.5 Å². The van der Waals surface area contributed by atoms with Crippen molar-refractivity contribution in [3.8, 4) is 5.75 Å². The van der Waals surface area contributed by atoms with Gasteiger partial charge in [-0.1, -0.05) is 15.9 Å². The van der Waals surface area contributed by atoms with E-state index in [0.29, 0.717) is 5.56 Å². The quantitative estimate of drug-likeness (QED) is 0.918. The molecular weight excluding hydrogens is 270 g/mol. The van der Waals surface area contributed by atoms with Crippen LogP contribution in [-0.4, -0.2) is 18.1 Å². The molecule has 1 aromatic carbocycles. The molecule has 0 unspecified atom stereocenters. The normalized spacial score (nSPS) is 12.9. The zero-order chi connectivity index (χ0) is 11.4. The van der Waals surface area contributed by atoms with Crippen LogP contribution < -0.4 is 4.74 Å². The van der Waals surface area contributed by atoms with Gasteiger partial charge in [-0.3, -0.25) is 0 Å². The minimum Gasteiger partial charge on any atom is -0.487 e. The van der Waals surface area contributed by atoms with Crippen molar-refractivity contribution in [3.05, 3.63) is 28.2 Å². The third-order valence-corrected chi connectivity index (χ3v) is 2.28. The molecule has 0 aliphatic carbocycles. The largest absolute Gasteiger partial charge is 0.487 e. The monoisotopic (exact) mass is 280 g/mol. The van der Waals surface area contributed by atoms with Gasteiger partial charge in [-0.25, -0.2) is 8.78 Å². The van der Waals surface area contributed by atoms with Crippen molar-refractivity contribution in [1.82, 2.24) is 0 Å². The fourth-order valence-electron chi connectivity index (χ4n) is 1.13. The maximum atomic E-state index is 11.9. The standard InChI is InChI=1S/C10H11BrF2O2/c1-6(14)8-4-7(11)2-3-9(8)15-5-10(12)13/h2-4,6,10,14H,5H2,1H3/t6-/m1/s1. The van der Waals surface area contributed by atoms with Crippen LogP contribution in [-0.2, 0) is 0 Å². The molecule has 1 rings (SSSR count). The molecular formula is C10H11BrF2O2. The van der Waals surface area contributed by atoms with Crippen LogP contribution in [0.3, 0.4) is 0 Å². The number of aliphatic hydroxyl groups excluding tert-OH is 1. The summed E-state index contributed by atoms with van der Waals surface area (Å²) in [6.45, 7) is 0.887. The van der Waals surface area contributed by atoms with Gasteiger partial charge in [0.2, 0.25) is 0 Å². The minimum atomic E-state index is -2.52. The average Bonchev–Trinajstić information content (AvgIpc) is 2.15. The number of halogens is 3. The zero-order valence-electron chi connectivity index (χ0n) is 8.08. The van der Waals surface area contributed by atoms with Gasteiger partial charge in [0.05, 0.1) is 6.10 Å². The maximum absolute atomic E-state index is 11.9. The molecule has 0 aliphatic rings. The number of benzene rings is 1. The van der Waals surface area contributed by atoms with Crippen molar-refractivity contribution >= 4 is 15.9 Å². The summed E-state index contributed by atoms with van der Waals surface area (Å²) in [5, 5.41) is 9.41. The van der Waals surface area contributed by atoms with E-state index in [2.05, 4.69) is 15.9 Å². The van der Waals surface area contributed by atoms with Gasteiger partial charge in [-0.15, -0.1) is 0 Å². The van der Waals surface area contributed by atoms with Crippen molar-refractivity contribution < 1.29 is 18.6 Å². The first-order valence-electron chi connectivity index (χ1n) is 4.39. The fraction of sp³-hybridized carbons (Fsp3) is 0.400. The lowest BCUT2D eigenvalue weighted by Gasteiger charge is -2.13. The summed E-state index contributed by atoms with van der Waals surface area (Å²) in [7, 11) is 0. The Kier molecular flexibility index (Phi) is 4.47. The van der Waals surface area contributed by atoms with Crippen LogP contribution >= 0.6 is 15.9 Å². The molecule has 0 fully saturated rings. The van der Waals surface area contributed by atoms with E-state index in [9.17, 15) is 13.9 Å². The van der Waals surface area contributed by atoms with E-state index in [1.54, 1.807) is 25.1 Å². The molecule has 15 heavy (non-hydrogen) atoms. The second-order valence-corrected chi connectivity index (χ2v) is 3.98. The third kappa shape index (κ3) is 3.76. The minimum absolute atomic E-state index is 0.286. The topological polar surface area (TPSA) is 29.5 Å². The van der Waals surface area contributed by atoms with Gasteiger partial charge in [0.15, 0.2) is 0 Å². The van der Waals surface area contributed by atoms with Crippen LogP contribution in [0.2, 0.25) is 0 Å². The molecule has 1 N–H and O–H groups in total. The SMILES string of the molecule is C[C@@H](O)c1cc(Br)ccc1OCC(F)F. The predicted octanol–water partition coefficient (Wildman–Crippen LogP) is 3.15. The summed E-state index contributed by atoms with van der Waals surface area (Å²) in [6, 6.07) is 4.87. The van der Waals surface area contributed by atoms with E-state index < -0.39 is 19.1 Å². The van der Waals surface area contributed by atoms with E-state index in [1.165, 1.54) is 0 Å². The summed E-state index contributed by atoms with van der Waals surface area (Å²) >= 11 is 3.23. The zero-order valence-corrected chi connectivity index (χ0v) is 9.67. The van der Waals surface area contributed by atoms with Crippen molar-refractivity contribution in [2.75, 3.05) is 6.61 Å². The van der Waals surface area contributed by atoms with E-state index in [1.807, 2.05) is 0 Å². The number of rotatable bonds is 4. The van der Waals surface area contributed by atoms with Crippen LogP contribution in [0.25, 0.3) is 0 Å². The summed E-state index contributed by atoms with van der Waals surface area (Å²) in [4.78, 5) is 0. The Morgan fingerprint density at radius 3 is 2.67 bits per heavy atom. The molecule has 0 aliphatic heterocycles. The number of ether oxygens (including phenoxy) is 1. The van der Waals surface area contributed by atoms with Crippen molar-refractivity contribution in [3.63, 3.8) is 0 Å². The summed E-state index contributed by atoms with van der Waals surface area (Å²) < 4.78 is 29.5. The maximum Gasteiger partial charge on any atom is 0.272 e. The van der Waals surface area contributed by atoms with Crippen LogP contribution in [0.1, 0.15) is 18.6 Å². The molecule has 2 nitrogen and oxygen atoms in total. The Balaban J connectivity index is 2.86. The molecule has 84 valence electrons. The molecule has 1 aromatic rings. The van der Waals surface area contributed by atoms with Gasteiger partial charge in [-0.2, -0.15) is 0 Å². The van der Waals surface area contributed by atoms with Crippen molar-refractivity contribution in [1.29, 1.82) is 0 Å². The second kappa shape index (κ2) is 5.42. The highest BCUT2D eigenvalue weighted by molar-refractivity contribution is 9.10. The van der Waals surface area contributed by atoms with Crippen LogP contribution in [0.15, 0.2) is 22.7 Å². The number of aliphatic hydroxyl groups is 1. The smallest absolute Gasteiger partial charge is 0.272 e. The third-order valence-electron chi connectivity index (χ3n) is 1.79. The molecule has 0 saturated carbocycles. The lowest BCUT2D eigenvalue weighted by molar-refractivity contribution is 0.0794. The lowest BCUT2D eigenvalue weighted by Crippen LogP contribution is -2.09. The van der Waals surface area contributed by atoms with Crippen LogP contribution in [0, 0.1) is 0 Å². The molecule has 0 spiro atoms. The van der Waals surface area contributed by atoms with Gasteiger partial charge in [-0.05, 0) is 25.1 Å². The van der Waals surface area contributed by atoms with Crippen LogP contribution in [0.5, 0.6) is 5.75 Å². The Bertz CT molecular complexity index is 329. The Labute approximate surface area is 95.0 Å². The van der Waals surface area contributed by atoms with Crippen molar-refractivity contribution in [2.24, 2.45) is 0 Å². The second-order valence-electron chi connectivity index (χ2n) is 3.06. The first-order valence-corrected chi connectivity index (χ1v) is 5.18. The highest BCUT2D eigenvalue weighted by atomic mass is 79.9. The Hall–Kier alpha value is -0.680. The fourth-order valence-corrected chi connectivity index (χ4v) is 1.51. The first kappa shape index (κ1) is 12.4. The Morgan fingerprint density at radius 1 is 1.47 bits per heavy atom. The highest BCUT2D eigenvalue weighted by Gasteiger charge is 2.11. The lowest BCUT2D eigenvalue weighted by atomic mass is 10.1. The van der Waals surface area contributed by atoms with Gasteiger partial charge in [0.1, 0.15) is 12.4 Å². The molecule has 0 bridgehead atoms. The Morgan fingerprint density at radius 2 is 2.13 bits per heavy atom. The van der Waals surface area contributed by atoms with Gasteiger partial charge in [0.25, 0.3) is 6.43 Å². The van der Waals surface area contributed by atoms with E-state index >= 15 is 0 Å². The van der Waals surface area contributed by atoms with Crippen LogP contribution in [0.4, 0.5) is 8.78 Å². The molecule has 0 saturated heterocycles. The summed E-state index contributed by atoms with van der Waals surface area (Å²) in [6.07, 6.45) is -3.27. The van der Waals surface area contributed by atoms with Gasteiger partial charge >= 0.3 is 0 Å². The molecule has 0 heterocycles. The van der Waals surface area contributed by atoms with E-state index in [-0.39, 0.29) is 5.75 Å². The molecule has 5 heteroatoms. The van der Waals surface area contributed by atoms with Gasteiger partial charge in [0, 0.05) is 10.0 Å². The molecule has 0 aromatic heterocycles. The highest BCUT2D eigenvalue weighted by Crippen LogP contribution is 2.28. The number of hydrogen-bond acceptors (Lipinski definition) is 2. The van der Waals surface area contributed by atoms with Gasteiger partial charge < -0.3 is 9.84 Å². The predicted molar refractivity (Wildman–Crippen MR) is 56.3 cm³/mol. The molecule has 0 amide bonds. The molecule has 0 radical (unpaired) electrons.